The Balaban J connectivity index is 1.89. The molecule has 186 valence electrons. The molecule has 9 nitrogen and oxygen atoms in total. The minimum absolute atomic E-state index is 0.0569. The van der Waals surface area contributed by atoms with Gasteiger partial charge in [0, 0.05) is 28.7 Å². The molecule has 0 fully saturated rings. The summed E-state index contributed by atoms with van der Waals surface area (Å²) in [6.07, 6.45) is 0.665. The van der Waals surface area contributed by atoms with Crippen molar-refractivity contribution in [1.82, 2.24) is 0 Å². The topological polar surface area (TPSA) is 147 Å². The van der Waals surface area contributed by atoms with Crippen molar-refractivity contribution in [2.75, 3.05) is 7.11 Å². The lowest BCUT2D eigenvalue weighted by Gasteiger charge is -2.20. The number of hydrogen-bond donors (Lipinski definition) is 3. The highest BCUT2D eigenvalue weighted by Gasteiger charge is 2.33. The van der Waals surface area contributed by atoms with Gasteiger partial charge in [0.2, 0.25) is 5.75 Å². The quantitative estimate of drug-likeness (QED) is 0.236. The summed E-state index contributed by atoms with van der Waals surface area (Å²) < 4.78 is 16.4. The molecule has 5 aromatic rings. The molecule has 3 aromatic carbocycles. The van der Waals surface area contributed by atoms with Gasteiger partial charge < -0.3 is 28.9 Å². The summed E-state index contributed by atoms with van der Waals surface area (Å²) in [5.74, 6) is -4.68. The second kappa shape index (κ2) is 9.19. The predicted octanol–water partition coefficient (Wildman–Crippen LogP) is 4.38. The van der Waals surface area contributed by atoms with Gasteiger partial charge in [0.15, 0.2) is 22.4 Å². The second-order valence-electron chi connectivity index (χ2n) is 8.35. The van der Waals surface area contributed by atoms with Gasteiger partial charge in [-0.05, 0) is 12.1 Å². The molecule has 1 atom stereocenters. The van der Waals surface area contributed by atoms with Crippen molar-refractivity contribution in [3.63, 3.8) is 0 Å². The summed E-state index contributed by atoms with van der Waals surface area (Å²) in [4.78, 5) is 39.0. The van der Waals surface area contributed by atoms with Crippen LogP contribution in [0.2, 0.25) is 0 Å². The maximum Gasteiger partial charge on any atom is 0.306 e. The molecule has 0 aliphatic rings. The van der Waals surface area contributed by atoms with Crippen LogP contribution in [0.25, 0.3) is 33.3 Å². The molecule has 0 aliphatic carbocycles. The van der Waals surface area contributed by atoms with Gasteiger partial charge in [-0.25, -0.2) is 0 Å². The molecule has 37 heavy (non-hydrogen) atoms. The van der Waals surface area contributed by atoms with Crippen LogP contribution in [0.4, 0.5) is 0 Å². The van der Waals surface area contributed by atoms with Crippen LogP contribution in [-0.4, -0.2) is 28.4 Å². The van der Waals surface area contributed by atoms with Crippen molar-refractivity contribution >= 4 is 27.9 Å². The molecule has 3 N–H and O–H groups in total. The van der Waals surface area contributed by atoms with E-state index in [1.165, 1.54) is 0 Å². The number of rotatable bonds is 5. The molecule has 9 heteroatoms. The molecule has 0 radical (unpaired) electrons. The number of ether oxygens (including phenoxy) is 1. The molecule has 5 rings (SSSR count). The second-order valence-corrected chi connectivity index (χ2v) is 8.35. The first-order chi connectivity index (χ1) is 17.8. The van der Waals surface area contributed by atoms with E-state index in [-0.39, 0.29) is 27.9 Å². The minimum Gasteiger partial charge on any atom is -0.504 e. The van der Waals surface area contributed by atoms with E-state index in [2.05, 4.69) is 0 Å². The normalized spacial score (nSPS) is 12.0. The van der Waals surface area contributed by atoms with E-state index in [1.54, 1.807) is 54.6 Å². The fraction of sp³-hybridized carbons (Fsp3) is 0.107. The summed E-state index contributed by atoms with van der Waals surface area (Å²) in [7, 11) is 1.15. The monoisotopic (exact) mass is 500 g/mol. The highest BCUT2D eigenvalue weighted by Crippen LogP contribution is 2.49. The Labute approximate surface area is 208 Å². The van der Waals surface area contributed by atoms with E-state index in [0.717, 1.165) is 19.4 Å². The number of hydrogen-bond acceptors (Lipinski definition) is 9. The van der Waals surface area contributed by atoms with Crippen LogP contribution in [0.3, 0.4) is 0 Å². The van der Waals surface area contributed by atoms with Crippen molar-refractivity contribution in [3.05, 3.63) is 98.5 Å². The van der Waals surface area contributed by atoms with Crippen LogP contribution in [0.5, 0.6) is 17.2 Å². The number of carbonyl (C=O) groups is 1. The van der Waals surface area contributed by atoms with Crippen molar-refractivity contribution in [1.29, 1.82) is 0 Å². The van der Waals surface area contributed by atoms with Crippen LogP contribution in [0.1, 0.15) is 23.5 Å². The number of esters is 1. The largest absolute Gasteiger partial charge is 0.504 e. The summed E-state index contributed by atoms with van der Waals surface area (Å²) in [6, 6.07) is 16.2. The zero-order valence-corrected chi connectivity index (χ0v) is 19.4. The SMILES string of the molecule is COC(=O)CC(c1coc2ccccc2c1=O)c1c(O)c(O)c(O)c2c(=O)cc(-c3ccccc3)oc12. The van der Waals surface area contributed by atoms with E-state index >= 15 is 0 Å². The maximum absolute atomic E-state index is 13.5. The van der Waals surface area contributed by atoms with Gasteiger partial charge in [0.05, 0.1) is 25.2 Å². The average molecular weight is 500 g/mol. The first-order valence-electron chi connectivity index (χ1n) is 11.2. The molecule has 0 aliphatic heterocycles. The van der Waals surface area contributed by atoms with Gasteiger partial charge in [-0.2, -0.15) is 0 Å². The zero-order chi connectivity index (χ0) is 26.3. The van der Waals surface area contributed by atoms with Crippen molar-refractivity contribution in [2.24, 2.45) is 0 Å². The van der Waals surface area contributed by atoms with Gasteiger partial charge >= 0.3 is 5.97 Å². The molecule has 2 heterocycles. The van der Waals surface area contributed by atoms with Gasteiger partial charge in [0.25, 0.3) is 0 Å². The fourth-order valence-corrected chi connectivity index (χ4v) is 4.39. The third-order valence-electron chi connectivity index (χ3n) is 6.22. The minimum atomic E-state index is -1.28. The molecule has 0 spiro atoms. The van der Waals surface area contributed by atoms with Gasteiger partial charge in [-0.3, -0.25) is 14.4 Å². The molecule has 0 saturated carbocycles. The van der Waals surface area contributed by atoms with Gasteiger partial charge in [-0.1, -0.05) is 42.5 Å². The predicted molar refractivity (Wildman–Crippen MR) is 134 cm³/mol. The van der Waals surface area contributed by atoms with E-state index in [9.17, 15) is 29.7 Å². The highest BCUT2D eigenvalue weighted by molar-refractivity contribution is 5.94. The first-order valence-corrected chi connectivity index (χ1v) is 11.2. The van der Waals surface area contributed by atoms with E-state index < -0.39 is 51.8 Å². The maximum atomic E-state index is 13.5. The molecular weight excluding hydrogens is 480 g/mol. The first kappa shape index (κ1) is 23.7. The third kappa shape index (κ3) is 3.96. The number of phenols is 3. The lowest BCUT2D eigenvalue weighted by atomic mass is 9.86. The fourth-order valence-electron chi connectivity index (χ4n) is 4.39. The number of phenolic OH excluding ortho intramolecular Hbond substituents is 3. The Morgan fingerprint density at radius 3 is 2.38 bits per heavy atom. The summed E-state index contributed by atoms with van der Waals surface area (Å²) in [6.45, 7) is 0. The van der Waals surface area contributed by atoms with Crippen LogP contribution < -0.4 is 10.9 Å². The van der Waals surface area contributed by atoms with Gasteiger partial charge in [0.1, 0.15) is 22.3 Å². The number of para-hydroxylation sites is 1. The van der Waals surface area contributed by atoms with E-state index in [1.807, 2.05) is 0 Å². The molecule has 1 unspecified atom stereocenters. The van der Waals surface area contributed by atoms with Crippen LogP contribution in [-0.2, 0) is 9.53 Å². The Hall–Kier alpha value is -5.05. The Morgan fingerprint density at radius 2 is 1.65 bits per heavy atom. The molecule has 0 saturated heterocycles. The van der Waals surface area contributed by atoms with E-state index in [4.69, 9.17) is 13.6 Å². The number of methoxy groups -OCH3 is 1. The standard InChI is InChI=1S/C28H20O9/c1-35-21(30)11-16(17-13-36-19-10-6-5-9-15(19)24(17)31)22-25(32)27(34)26(33)23-18(29)12-20(37-28(22)23)14-7-3-2-4-8-14/h2-10,12-13,16,32-34H,11H2,1H3. The van der Waals surface area contributed by atoms with Gasteiger partial charge in [-0.15, -0.1) is 0 Å². The molecule has 0 bridgehead atoms. The summed E-state index contributed by atoms with van der Waals surface area (Å²) >= 11 is 0. The number of aromatic hydroxyl groups is 3. The smallest absolute Gasteiger partial charge is 0.306 e. The van der Waals surface area contributed by atoms with E-state index in [0.29, 0.717) is 11.1 Å². The average Bonchev–Trinajstić information content (AvgIpc) is 2.91. The van der Waals surface area contributed by atoms with Crippen molar-refractivity contribution in [3.8, 4) is 28.6 Å². The highest BCUT2D eigenvalue weighted by atomic mass is 16.5. The van der Waals surface area contributed by atoms with Crippen LogP contribution >= 0.6 is 0 Å². The van der Waals surface area contributed by atoms with Crippen LogP contribution in [0.15, 0.2) is 85.4 Å². The number of fused-ring (bicyclic) bond motifs is 2. The molecular formula is C28H20O9. The Morgan fingerprint density at radius 1 is 0.946 bits per heavy atom. The van der Waals surface area contributed by atoms with Crippen molar-refractivity contribution < 1.29 is 33.7 Å². The summed E-state index contributed by atoms with van der Waals surface area (Å²) in [5.41, 5.74) is -1.01. The molecule has 2 aromatic heterocycles. The third-order valence-corrected chi connectivity index (χ3v) is 6.22. The zero-order valence-electron chi connectivity index (χ0n) is 19.4. The van der Waals surface area contributed by atoms with Crippen molar-refractivity contribution in [2.45, 2.75) is 12.3 Å². The Bertz CT molecular complexity index is 1780. The van der Waals surface area contributed by atoms with Crippen LogP contribution in [0, 0.1) is 0 Å². The lowest BCUT2D eigenvalue weighted by Crippen LogP contribution is -2.19. The molecule has 0 amide bonds. The number of carbonyl (C=O) groups excluding carboxylic acids is 1. The lowest BCUT2D eigenvalue weighted by molar-refractivity contribution is -0.140. The Kier molecular flexibility index (Phi) is 5.88. The summed E-state index contributed by atoms with van der Waals surface area (Å²) in [5, 5.41) is 31.8. The number of benzene rings is 3.